The third-order valence-corrected chi connectivity index (χ3v) is 2.96. The molecule has 0 fully saturated rings. The molecule has 0 radical (unpaired) electrons. The fourth-order valence-corrected chi connectivity index (χ4v) is 1.73. The van der Waals surface area contributed by atoms with Crippen molar-refractivity contribution in [1.29, 1.82) is 0 Å². The van der Waals surface area contributed by atoms with Gasteiger partial charge < -0.3 is 10.1 Å². The van der Waals surface area contributed by atoms with Crippen LogP contribution >= 0.6 is 11.6 Å². The largest absolute Gasteiger partial charge is 0.481 e. The molecule has 1 N–H and O–H groups in total. The maximum absolute atomic E-state index is 11.9. The number of amides is 1. The molecule has 1 aromatic carbocycles. The van der Waals surface area contributed by atoms with Gasteiger partial charge in [-0.1, -0.05) is 11.6 Å². The van der Waals surface area contributed by atoms with Gasteiger partial charge in [0, 0.05) is 24.0 Å². The smallest absolute Gasteiger partial charge is 0.261 e. The normalized spacial score (nSPS) is 11.7. The van der Waals surface area contributed by atoms with Gasteiger partial charge in [0.2, 0.25) is 0 Å². The predicted molar refractivity (Wildman–Crippen MR) is 77.6 cm³/mol. The third-order valence-electron chi connectivity index (χ3n) is 2.71. The van der Waals surface area contributed by atoms with Crippen molar-refractivity contribution >= 4 is 17.5 Å². The molecule has 20 heavy (non-hydrogen) atoms. The summed E-state index contributed by atoms with van der Waals surface area (Å²) < 4.78 is 5.54. The number of nitrogens with one attached hydrogen (secondary N) is 1. The molecule has 0 spiro atoms. The van der Waals surface area contributed by atoms with E-state index in [1.54, 1.807) is 43.6 Å². The number of carbonyl (C=O) groups is 1. The fraction of sp³-hybridized carbons (Fsp3) is 0.200. The van der Waals surface area contributed by atoms with E-state index in [-0.39, 0.29) is 5.91 Å². The second kappa shape index (κ2) is 6.91. The van der Waals surface area contributed by atoms with Crippen LogP contribution in [0.5, 0.6) is 5.75 Å². The summed E-state index contributed by atoms with van der Waals surface area (Å²) in [6, 6.07) is 10.6. The predicted octanol–water partition coefficient (Wildman–Crippen LogP) is 2.82. The molecule has 0 bridgehead atoms. The van der Waals surface area contributed by atoms with Crippen LogP contribution in [0, 0.1) is 0 Å². The highest BCUT2D eigenvalue weighted by atomic mass is 35.5. The van der Waals surface area contributed by atoms with E-state index >= 15 is 0 Å². The number of halogens is 1. The Labute approximate surface area is 122 Å². The molecule has 4 nitrogen and oxygen atoms in total. The number of aromatic nitrogens is 1. The molecular formula is C15H15ClN2O2. The van der Waals surface area contributed by atoms with Crippen LogP contribution in [0.4, 0.5) is 0 Å². The van der Waals surface area contributed by atoms with Gasteiger partial charge in [0.05, 0.1) is 0 Å². The van der Waals surface area contributed by atoms with Crippen LogP contribution in [0.15, 0.2) is 48.8 Å². The van der Waals surface area contributed by atoms with Gasteiger partial charge in [0.1, 0.15) is 5.75 Å². The van der Waals surface area contributed by atoms with Crippen molar-refractivity contribution < 1.29 is 9.53 Å². The summed E-state index contributed by atoms with van der Waals surface area (Å²) in [5, 5.41) is 3.44. The molecule has 1 aromatic heterocycles. The van der Waals surface area contributed by atoms with Crippen LogP contribution in [0.3, 0.4) is 0 Å². The second-order valence-electron chi connectivity index (χ2n) is 4.29. The number of carbonyl (C=O) groups excluding carboxylic acids is 1. The molecule has 0 saturated heterocycles. The zero-order chi connectivity index (χ0) is 14.4. The molecule has 0 aliphatic rings. The van der Waals surface area contributed by atoms with E-state index in [0.717, 1.165) is 5.56 Å². The summed E-state index contributed by atoms with van der Waals surface area (Å²) in [6.45, 7) is 2.16. The highest BCUT2D eigenvalue weighted by Crippen LogP contribution is 2.16. The maximum Gasteiger partial charge on any atom is 0.261 e. The third kappa shape index (κ3) is 4.24. The monoisotopic (exact) mass is 290 g/mol. The molecule has 5 heteroatoms. The first-order chi connectivity index (χ1) is 9.65. The summed E-state index contributed by atoms with van der Waals surface area (Å²) in [7, 11) is 0. The van der Waals surface area contributed by atoms with Crippen molar-refractivity contribution in [2.75, 3.05) is 0 Å². The molecule has 0 aliphatic carbocycles. The number of pyridine rings is 1. The van der Waals surface area contributed by atoms with E-state index < -0.39 is 6.10 Å². The van der Waals surface area contributed by atoms with Crippen LogP contribution in [-0.2, 0) is 11.3 Å². The fourth-order valence-electron chi connectivity index (χ4n) is 1.60. The molecule has 1 atom stereocenters. The molecule has 2 rings (SSSR count). The van der Waals surface area contributed by atoms with E-state index in [1.165, 1.54) is 0 Å². The van der Waals surface area contributed by atoms with Gasteiger partial charge >= 0.3 is 0 Å². The highest BCUT2D eigenvalue weighted by Gasteiger charge is 2.14. The van der Waals surface area contributed by atoms with Crippen molar-refractivity contribution in [1.82, 2.24) is 10.3 Å². The van der Waals surface area contributed by atoms with E-state index in [0.29, 0.717) is 17.3 Å². The number of benzene rings is 1. The zero-order valence-corrected chi connectivity index (χ0v) is 11.8. The Hall–Kier alpha value is -2.07. The topological polar surface area (TPSA) is 51.2 Å². The van der Waals surface area contributed by atoms with Gasteiger partial charge in [-0.05, 0) is 48.9 Å². The van der Waals surface area contributed by atoms with Crippen LogP contribution in [0.2, 0.25) is 5.02 Å². The summed E-state index contributed by atoms with van der Waals surface area (Å²) in [6.07, 6.45) is 2.81. The Kier molecular flexibility index (Phi) is 4.96. The van der Waals surface area contributed by atoms with Gasteiger partial charge in [-0.2, -0.15) is 0 Å². The van der Waals surface area contributed by atoms with E-state index in [1.807, 2.05) is 12.1 Å². The van der Waals surface area contributed by atoms with Crippen molar-refractivity contribution in [3.05, 3.63) is 59.4 Å². The summed E-state index contributed by atoms with van der Waals surface area (Å²) in [5.74, 6) is 0.442. The number of hydrogen-bond donors (Lipinski definition) is 1. The summed E-state index contributed by atoms with van der Waals surface area (Å²) in [4.78, 5) is 15.8. The number of rotatable bonds is 5. The minimum atomic E-state index is -0.571. The molecule has 104 valence electrons. The number of ether oxygens (including phenoxy) is 1. The Morgan fingerprint density at radius 3 is 2.55 bits per heavy atom. The first-order valence-electron chi connectivity index (χ1n) is 6.24. The molecule has 1 heterocycles. The lowest BCUT2D eigenvalue weighted by atomic mass is 10.2. The molecular weight excluding hydrogens is 276 g/mol. The minimum Gasteiger partial charge on any atom is -0.481 e. The van der Waals surface area contributed by atoms with Crippen LogP contribution < -0.4 is 10.1 Å². The van der Waals surface area contributed by atoms with Gasteiger partial charge in [-0.25, -0.2) is 0 Å². The lowest BCUT2D eigenvalue weighted by Gasteiger charge is -2.14. The zero-order valence-electron chi connectivity index (χ0n) is 11.0. The van der Waals surface area contributed by atoms with Crippen molar-refractivity contribution in [2.24, 2.45) is 0 Å². The Morgan fingerprint density at radius 2 is 1.90 bits per heavy atom. The van der Waals surface area contributed by atoms with E-state index in [4.69, 9.17) is 16.3 Å². The lowest BCUT2D eigenvalue weighted by Crippen LogP contribution is -2.35. The number of nitrogens with zero attached hydrogens (tertiary/aromatic N) is 1. The van der Waals surface area contributed by atoms with E-state index in [2.05, 4.69) is 10.3 Å². The Morgan fingerprint density at radius 1 is 1.25 bits per heavy atom. The van der Waals surface area contributed by atoms with Crippen molar-refractivity contribution in [3.63, 3.8) is 0 Å². The molecule has 1 unspecified atom stereocenters. The molecule has 0 aliphatic heterocycles. The average Bonchev–Trinajstić information content (AvgIpc) is 2.48. The minimum absolute atomic E-state index is 0.170. The summed E-state index contributed by atoms with van der Waals surface area (Å²) >= 11 is 5.79. The van der Waals surface area contributed by atoms with Crippen molar-refractivity contribution in [2.45, 2.75) is 19.6 Å². The van der Waals surface area contributed by atoms with Crippen LogP contribution in [0.25, 0.3) is 0 Å². The van der Waals surface area contributed by atoms with Gasteiger partial charge in [-0.3, -0.25) is 9.78 Å². The van der Waals surface area contributed by atoms with Crippen LogP contribution in [-0.4, -0.2) is 17.0 Å². The van der Waals surface area contributed by atoms with Crippen molar-refractivity contribution in [3.8, 4) is 5.75 Å². The van der Waals surface area contributed by atoms with Crippen LogP contribution in [0.1, 0.15) is 12.5 Å². The molecule has 2 aromatic rings. The first kappa shape index (κ1) is 14.3. The SMILES string of the molecule is CC(Oc1ccc(Cl)cc1)C(=O)NCc1ccncc1. The van der Waals surface area contributed by atoms with Gasteiger partial charge in [-0.15, -0.1) is 0 Å². The van der Waals surface area contributed by atoms with Gasteiger partial charge in [0.15, 0.2) is 6.10 Å². The first-order valence-corrected chi connectivity index (χ1v) is 6.62. The average molecular weight is 291 g/mol. The Bertz CT molecular complexity index is 558. The highest BCUT2D eigenvalue weighted by molar-refractivity contribution is 6.30. The van der Waals surface area contributed by atoms with E-state index in [9.17, 15) is 4.79 Å². The molecule has 1 amide bonds. The van der Waals surface area contributed by atoms with Gasteiger partial charge in [0.25, 0.3) is 5.91 Å². The summed E-state index contributed by atoms with van der Waals surface area (Å²) in [5.41, 5.74) is 0.993. The Balaban J connectivity index is 1.84. The second-order valence-corrected chi connectivity index (χ2v) is 4.72. The maximum atomic E-state index is 11.9. The number of hydrogen-bond acceptors (Lipinski definition) is 3. The molecule has 0 saturated carbocycles. The standard InChI is InChI=1S/C15H15ClN2O2/c1-11(20-14-4-2-13(16)3-5-14)15(19)18-10-12-6-8-17-9-7-12/h2-9,11H,10H2,1H3,(H,18,19). The quantitative estimate of drug-likeness (QED) is 0.921. The lowest BCUT2D eigenvalue weighted by molar-refractivity contribution is -0.127.